The Morgan fingerprint density at radius 2 is 2.50 bits per heavy atom. The summed E-state index contributed by atoms with van der Waals surface area (Å²) in [6.45, 7) is 3.37. The number of carbonyl (C=O) groups excluding carboxylic acids is 1. The van der Waals surface area contributed by atoms with Crippen molar-refractivity contribution >= 4 is 6.09 Å². The van der Waals surface area contributed by atoms with E-state index in [4.69, 9.17) is 0 Å². The molecule has 0 radical (unpaired) electrons. The van der Waals surface area contributed by atoms with Gasteiger partial charge in [-0.05, 0) is 0 Å². The quantitative estimate of drug-likeness (QED) is 0.759. The fraction of sp³-hybridized carbons (Fsp3) is 0.333. The Hall–Kier alpha value is -1.92. The van der Waals surface area contributed by atoms with Gasteiger partial charge in [-0.2, -0.15) is 5.10 Å². The van der Waals surface area contributed by atoms with E-state index in [1.165, 1.54) is 12.3 Å². The molecule has 7 heteroatoms. The molecule has 0 saturated carbocycles. The van der Waals surface area contributed by atoms with Crippen molar-refractivity contribution in [2.75, 3.05) is 6.61 Å². The van der Waals surface area contributed by atoms with Gasteiger partial charge in [0, 0.05) is 12.1 Å². The first-order valence-electron chi connectivity index (χ1n) is 4.47. The van der Waals surface area contributed by atoms with E-state index in [1.807, 2.05) is 0 Å². The molecule has 2 N–H and O–H groups in total. The number of hydrogen-bond donors (Lipinski definition) is 2. The van der Waals surface area contributed by atoms with Gasteiger partial charge in [-0.25, -0.2) is 13.6 Å². The highest BCUT2D eigenvalue weighted by atomic mass is 19.3. The van der Waals surface area contributed by atoms with Gasteiger partial charge in [-0.15, -0.1) is 0 Å². The molecule has 0 unspecified atom stereocenters. The average Bonchev–Trinajstić information content (AvgIpc) is 2.71. The third-order valence-corrected chi connectivity index (χ3v) is 1.73. The van der Waals surface area contributed by atoms with Gasteiger partial charge in [0.05, 0.1) is 6.20 Å². The summed E-state index contributed by atoms with van der Waals surface area (Å²) in [6, 6.07) is 0. The number of halogens is 2. The van der Waals surface area contributed by atoms with Gasteiger partial charge in [-0.1, -0.05) is 12.7 Å². The first-order chi connectivity index (χ1) is 7.65. The number of alkyl halides is 2. The largest absolute Gasteiger partial charge is 0.445 e. The van der Waals surface area contributed by atoms with E-state index in [-0.39, 0.29) is 24.4 Å². The number of H-pyrrole nitrogens is 1. The molecule has 0 atom stereocenters. The molecule has 5 nitrogen and oxygen atoms in total. The smallest absolute Gasteiger partial charge is 0.407 e. The van der Waals surface area contributed by atoms with Crippen LogP contribution in [-0.2, 0) is 11.3 Å². The molecule has 1 heterocycles. The van der Waals surface area contributed by atoms with Crippen LogP contribution in [0.25, 0.3) is 0 Å². The number of amides is 1. The molecule has 0 saturated heterocycles. The molecule has 1 rings (SSSR count). The van der Waals surface area contributed by atoms with Crippen LogP contribution in [0.15, 0.2) is 18.9 Å². The summed E-state index contributed by atoms with van der Waals surface area (Å²) in [6.07, 6.45) is -0.707. The number of rotatable bonds is 5. The van der Waals surface area contributed by atoms with Gasteiger partial charge in [0.2, 0.25) is 0 Å². The third-order valence-electron chi connectivity index (χ3n) is 1.73. The number of aromatic amines is 1. The van der Waals surface area contributed by atoms with Gasteiger partial charge in [0.1, 0.15) is 12.3 Å². The second-order valence-corrected chi connectivity index (χ2v) is 2.85. The second-order valence-electron chi connectivity index (χ2n) is 2.85. The number of ether oxygens (including phenoxy) is 1. The standard InChI is InChI=1S/C9H11F2N3O2/c1-2-3-16-9(15)12-4-6-5-13-14-7(6)8(10)11/h2,5,8H,1,3-4H2,(H,12,15)(H,13,14). The van der Waals surface area contributed by atoms with Crippen molar-refractivity contribution in [3.63, 3.8) is 0 Å². The van der Waals surface area contributed by atoms with Crippen molar-refractivity contribution < 1.29 is 18.3 Å². The Balaban J connectivity index is 2.45. The summed E-state index contributed by atoms with van der Waals surface area (Å²) in [5.74, 6) is 0. The minimum atomic E-state index is -2.65. The molecule has 0 aliphatic heterocycles. The highest BCUT2D eigenvalue weighted by Gasteiger charge is 2.15. The Morgan fingerprint density at radius 3 is 3.12 bits per heavy atom. The SMILES string of the molecule is C=CCOC(=O)NCc1cn[nH]c1C(F)F. The average molecular weight is 231 g/mol. The van der Waals surface area contributed by atoms with Crippen molar-refractivity contribution in [2.45, 2.75) is 13.0 Å². The molecule has 0 bridgehead atoms. The molecule has 1 aromatic heterocycles. The maximum Gasteiger partial charge on any atom is 0.407 e. The number of nitrogens with one attached hydrogen (secondary N) is 2. The topological polar surface area (TPSA) is 67.0 Å². The summed E-state index contributed by atoms with van der Waals surface area (Å²) in [5.41, 5.74) is -0.0745. The summed E-state index contributed by atoms with van der Waals surface area (Å²) >= 11 is 0. The van der Waals surface area contributed by atoms with Crippen LogP contribution in [-0.4, -0.2) is 22.9 Å². The van der Waals surface area contributed by atoms with E-state index in [2.05, 4.69) is 26.8 Å². The van der Waals surface area contributed by atoms with Crippen molar-refractivity contribution in [3.8, 4) is 0 Å². The van der Waals surface area contributed by atoms with Crippen LogP contribution in [0.1, 0.15) is 17.7 Å². The molecule has 16 heavy (non-hydrogen) atoms. The molecule has 0 aliphatic carbocycles. The van der Waals surface area contributed by atoms with E-state index < -0.39 is 12.5 Å². The van der Waals surface area contributed by atoms with Gasteiger partial charge in [0.15, 0.2) is 0 Å². The normalized spacial score (nSPS) is 10.2. The first kappa shape index (κ1) is 12.2. The zero-order valence-electron chi connectivity index (χ0n) is 8.37. The van der Waals surface area contributed by atoms with Crippen molar-refractivity contribution in [1.82, 2.24) is 15.5 Å². The molecule has 88 valence electrons. The minimum Gasteiger partial charge on any atom is -0.445 e. The van der Waals surface area contributed by atoms with Crippen LogP contribution in [0.4, 0.5) is 13.6 Å². The van der Waals surface area contributed by atoms with Crippen molar-refractivity contribution in [2.24, 2.45) is 0 Å². The number of aromatic nitrogens is 2. The Morgan fingerprint density at radius 1 is 1.75 bits per heavy atom. The maximum atomic E-state index is 12.4. The molecular formula is C9H11F2N3O2. The Kier molecular flexibility index (Phi) is 4.43. The lowest BCUT2D eigenvalue weighted by Gasteiger charge is -2.05. The Bertz CT molecular complexity index is 365. The molecule has 0 fully saturated rings. The zero-order valence-corrected chi connectivity index (χ0v) is 8.37. The summed E-state index contributed by atoms with van der Waals surface area (Å²) in [7, 11) is 0. The van der Waals surface area contributed by atoms with E-state index in [0.29, 0.717) is 0 Å². The summed E-state index contributed by atoms with van der Waals surface area (Å²) in [5, 5.41) is 7.95. The molecular weight excluding hydrogens is 220 g/mol. The third kappa shape index (κ3) is 3.34. The van der Waals surface area contributed by atoms with Crippen molar-refractivity contribution in [3.05, 3.63) is 30.1 Å². The van der Waals surface area contributed by atoms with Crippen LogP contribution in [0.2, 0.25) is 0 Å². The fourth-order valence-electron chi connectivity index (χ4n) is 1.00. The van der Waals surface area contributed by atoms with Crippen LogP contribution in [0.5, 0.6) is 0 Å². The highest BCUT2D eigenvalue weighted by Crippen LogP contribution is 2.19. The second kappa shape index (κ2) is 5.84. The maximum absolute atomic E-state index is 12.4. The number of alkyl carbamates (subject to hydrolysis) is 1. The van der Waals surface area contributed by atoms with E-state index in [1.54, 1.807) is 0 Å². The molecule has 0 aliphatic rings. The number of hydrogen-bond acceptors (Lipinski definition) is 3. The van der Waals surface area contributed by atoms with Crippen LogP contribution in [0.3, 0.4) is 0 Å². The summed E-state index contributed by atoms with van der Waals surface area (Å²) < 4.78 is 29.3. The van der Waals surface area contributed by atoms with E-state index in [0.717, 1.165) is 0 Å². The predicted octanol–water partition coefficient (Wildman–Crippen LogP) is 1.76. The van der Waals surface area contributed by atoms with Gasteiger partial charge >= 0.3 is 6.09 Å². The Labute approximate surface area is 90.5 Å². The monoisotopic (exact) mass is 231 g/mol. The zero-order chi connectivity index (χ0) is 12.0. The van der Waals surface area contributed by atoms with Crippen molar-refractivity contribution in [1.29, 1.82) is 0 Å². The molecule has 0 aromatic carbocycles. The van der Waals surface area contributed by atoms with E-state index >= 15 is 0 Å². The van der Waals surface area contributed by atoms with Gasteiger partial charge < -0.3 is 10.1 Å². The van der Waals surface area contributed by atoms with E-state index in [9.17, 15) is 13.6 Å². The lowest BCUT2D eigenvalue weighted by molar-refractivity contribution is 0.143. The highest BCUT2D eigenvalue weighted by molar-refractivity contribution is 5.67. The minimum absolute atomic E-state index is 0.0633. The number of carbonyl (C=O) groups is 1. The lowest BCUT2D eigenvalue weighted by atomic mass is 10.2. The fourth-order valence-corrected chi connectivity index (χ4v) is 1.00. The van der Waals surface area contributed by atoms with Crippen LogP contribution < -0.4 is 5.32 Å². The lowest BCUT2D eigenvalue weighted by Crippen LogP contribution is -2.24. The number of nitrogens with zero attached hydrogens (tertiary/aromatic N) is 1. The predicted molar refractivity (Wildman–Crippen MR) is 51.9 cm³/mol. The molecule has 1 aromatic rings. The molecule has 1 amide bonds. The van der Waals surface area contributed by atoms with Gasteiger partial charge in [-0.3, -0.25) is 5.10 Å². The first-order valence-corrected chi connectivity index (χ1v) is 4.47. The van der Waals surface area contributed by atoms with Gasteiger partial charge in [0.25, 0.3) is 6.43 Å². The molecule has 0 spiro atoms. The van der Waals surface area contributed by atoms with Crippen LogP contribution in [0, 0.1) is 0 Å². The van der Waals surface area contributed by atoms with Crippen LogP contribution >= 0.6 is 0 Å². The summed E-state index contributed by atoms with van der Waals surface area (Å²) in [4.78, 5) is 11.0.